The van der Waals surface area contributed by atoms with Gasteiger partial charge < -0.3 is 5.11 Å². The van der Waals surface area contributed by atoms with Gasteiger partial charge in [-0.2, -0.15) is 5.26 Å². The Morgan fingerprint density at radius 1 is 1.06 bits per heavy atom. The maximum atomic E-state index is 9.71. The molecule has 0 aliphatic carbocycles. The van der Waals surface area contributed by atoms with Crippen LogP contribution >= 0.6 is 35.0 Å². The number of phenols is 1. The predicted octanol–water partition coefficient (Wildman–Crippen LogP) is 4.72. The summed E-state index contributed by atoms with van der Waals surface area (Å²) in [5.41, 5.74) is 0.478. The lowest BCUT2D eigenvalue weighted by molar-refractivity contribution is 0.462. The van der Waals surface area contributed by atoms with E-state index in [1.807, 2.05) is 6.07 Å². The molecule has 0 unspecified atom stereocenters. The molecule has 0 spiro atoms. The lowest BCUT2D eigenvalue weighted by atomic mass is 10.2. The van der Waals surface area contributed by atoms with Gasteiger partial charge in [0.25, 0.3) is 0 Å². The Morgan fingerprint density at radius 3 is 2.56 bits per heavy atom. The second kappa shape index (κ2) is 5.53. The first-order valence-electron chi connectivity index (χ1n) is 4.95. The summed E-state index contributed by atoms with van der Waals surface area (Å²) in [6, 6.07) is 11.9. The molecule has 0 aliphatic rings. The quantitative estimate of drug-likeness (QED) is 0.872. The number of benzene rings is 2. The molecule has 1 N–H and O–H groups in total. The first-order chi connectivity index (χ1) is 8.58. The number of aromatic hydroxyl groups is 1. The van der Waals surface area contributed by atoms with Crippen molar-refractivity contribution in [3.63, 3.8) is 0 Å². The number of halogens is 2. The zero-order valence-corrected chi connectivity index (χ0v) is 11.4. The highest BCUT2D eigenvalue weighted by atomic mass is 35.5. The van der Waals surface area contributed by atoms with Gasteiger partial charge in [0.15, 0.2) is 0 Å². The van der Waals surface area contributed by atoms with Crippen LogP contribution in [0.1, 0.15) is 5.56 Å². The van der Waals surface area contributed by atoms with Crippen LogP contribution in [0.3, 0.4) is 0 Å². The summed E-state index contributed by atoms with van der Waals surface area (Å²) in [6.45, 7) is 0. The molecule has 0 fully saturated rings. The minimum atomic E-state index is 0.142. The second-order valence-electron chi connectivity index (χ2n) is 3.50. The second-order valence-corrected chi connectivity index (χ2v) is 5.49. The molecular formula is C13H7Cl2NOS. The highest BCUT2D eigenvalue weighted by Crippen LogP contribution is 2.37. The third kappa shape index (κ3) is 3.11. The summed E-state index contributed by atoms with van der Waals surface area (Å²) in [5, 5.41) is 19.6. The minimum Gasteiger partial charge on any atom is -0.507 e. The standard InChI is InChI=1S/C13H7Cl2NOS/c14-9-1-2-12(17)13(6-9)18-11-4-8(7-16)3-10(15)5-11/h1-6,17H. The van der Waals surface area contributed by atoms with Gasteiger partial charge in [-0.15, -0.1) is 0 Å². The van der Waals surface area contributed by atoms with Gasteiger partial charge in [0.1, 0.15) is 5.75 Å². The Kier molecular flexibility index (Phi) is 4.03. The van der Waals surface area contributed by atoms with E-state index in [2.05, 4.69) is 0 Å². The lowest BCUT2D eigenvalue weighted by Crippen LogP contribution is -1.80. The number of nitrogens with zero attached hydrogens (tertiary/aromatic N) is 1. The fraction of sp³-hybridized carbons (Fsp3) is 0. The van der Waals surface area contributed by atoms with Crippen molar-refractivity contribution in [2.45, 2.75) is 9.79 Å². The number of phenolic OH excluding ortho intramolecular Hbond substituents is 1. The fourth-order valence-electron chi connectivity index (χ4n) is 1.38. The predicted molar refractivity (Wildman–Crippen MR) is 73.4 cm³/mol. The Balaban J connectivity index is 2.37. The van der Waals surface area contributed by atoms with E-state index in [1.54, 1.807) is 30.3 Å². The summed E-state index contributed by atoms with van der Waals surface area (Å²) < 4.78 is 0. The normalized spacial score (nSPS) is 10.1. The molecule has 0 bridgehead atoms. The van der Waals surface area contributed by atoms with Gasteiger partial charge in [0, 0.05) is 14.9 Å². The van der Waals surface area contributed by atoms with Crippen molar-refractivity contribution in [2.75, 3.05) is 0 Å². The highest BCUT2D eigenvalue weighted by Gasteiger charge is 2.06. The van der Waals surface area contributed by atoms with Gasteiger partial charge in [-0.25, -0.2) is 0 Å². The van der Waals surface area contributed by atoms with Gasteiger partial charge in [0.2, 0.25) is 0 Å². The topological polar surface area (TPSA) is 44.0 Å². The van der Waals surface area contributed by atoms with E-state index in [0.717, 1.165) is 4.90 Å². The number of rotatable bonds is 2. The van der Waals surface area contributed by atoms with E-state index in [0.29, 0.717) is 20.5 Å². The highest BCUT2D eigenvalue weighted by molar-refractivity contribution is 7.99. The van der Waals surface area contributed by atoms with E-state index >= 15 is 0 Å². The minimum absolute atomic E-state index is 0.142. The maximum Gasteiger partial charge on any atom is 0.129 e. The molecule has 0 saturated carbocycles. The van der Waals surface area contributed by atoms with E-state index in [-0.39, 0.29) is 5.75 Å². The van der Waals surface area contributed by atoms with E-state index in [4.69, 9.17) is 28.5 Å². The molecule has 2 nitrogen and oxygen atoms in total. The zero-order chi connectivity index (χ0) is 13.1. The molecule has 2 aromatic carbocycles. The molecule has 90 valence electrons. The van der Waals surface area contributed by atoms with Crippen LogP contribution in [0, 0.1) is 11.3 Å². The molecule has 2 rings (SSSR count). The zero-order valence-electron chi connectivity index (χ0n) is 9.02. The van der Waals surface area contributed by atoms with Crippen LogP contribution < -0.4 is 0 Å². The van der Waals surface area contributed by atoms with Crippen LogP contribution in [-0.4, -0.2) is 5.11 Å². The first-order valence-corrected chi connectivity index (χ1v) is 6.53. The van der Waals surface area contributed by atoms with Gasteiger partial charge >= 0.3 is 0 Å². The molecule has 0 saturated heterocycles. The summed E-state index contributed by atoms with van der Waals surface area (Å²) in [6.07, 6.45) is 0. The van der Waals surface area contributed by atoms with Gasteiger partial charge in [0.05, 0.1) is 16.5 Å². The lowest BCUT2D eigenvalue weighted by Gasteiger charge is -2.05. The van der Waals surface area contributed by atoms with Gasteiger partial charge in [-0.3, -0.25) is 0 Å². The van der Waals surface area contributed by atoms with Crippen LogP contribution in [-0.2, 0) is 0 Å². The monoisotopic (exact) mass is 295 g/mol. The van der Waals surface area contributed by atoms with Crippen molar-refractivity contribution >= 4 is 35.0 Å². The van der Waals surface area contributed by atoms with Crippen molar-refractivity contribution in [2.24, 2.45) is 0 Å². The Morgan fingerprint density at radius 2 is 1.83 bits per heavy atom. The maximum absolute atomic E-state index is 9.71. The molecule has 18 heavy (non-hydrogen) atoms. The van der Waals surface area contributed by atoms with Crippen molar-refractivity contribution < 1.29 is 5.11 Å². The Hall–Kier alpha value is -1.34. The van der Waals surface area contributed by atoms with Crippen LogP contribution in [0.5, 0.6) is 5.75 Å². The molecule has 5 heteroatoms. The van der Waals surface area contributed by atoms with Gasteiger partial charge in [-0.1, -0.05) is 35.0 Å². The number of hydrogen-bond acceptors (Lipinski definition) is 3. The van der Waals surface area contributed by atoms with E-state index in [1.165, 1.54) is 17.8 Å². The molecule has 0 amide bonds. The Labute approximate surface area is 119 Å². The van der Waals surface area contributed by atoms with Crippen molar-refractivity contribution in [1.82, 2.24) is 0 Å². The fourth-order valence-corrected chi connectivity index (χ4v) is 2.90. The molecule has 0 aromatic heterocycles. The average molecular weight is 296 g/mol. The summed E-state index contributed by atoms with van der Waals surface area (Å²) in [7, 11) is 0. The average Bonchev–Trinajstić information content (AvgIpc) is 2.33. The third-order valence-corrected chi connectivity index (χ3v) is 3.62. The summed E-state index contributed by atoms with van der Waals surface area (Å²) >= 11 is 13.1. The molecule has 0 aliphatic heterocycles. The molecular weight excluding hydrogens is 289 g/mol. The SMILES string of the molecule is N#Cc1cc(Cl)cc(Sc2cc(Cl)ccc2O)c1. The van der Waals surface area contributed by atoms with Crippen LogP contribution in [0.2, 0.25) is 10.0 Å². The van der Waals surface area contributed by atoms with Crippen molar-refractivity contribution in [3.05, 3.63) is 52.0 Å². The summed E-state index contributed by atoms with van der Waals surface area (Å²) in [5.74, 6) is 0.142. The number of hydrogen-bond donors (Lipinski definition) is 1. The van der Waals surface area contributed by atoms with E-state index < -0.39 is 0 Å². The van der Waals surface area contributed by atoms with Crippen LogP contribution in [0.4, 0.5) is 0 Å². The van der Waals surface area contributed by atoms with Crippen LogP contribution in [0.15, 0.2) is 46.2 Å². The van der Waals surface area contributed by atoms with Crippen molar-refractivity contribution in [3.8, 4) is 11.8 Å². The van der Waals surface area contributed by atoms with E-state index in [9.17, 15) is 5.11 Å². The molecule has 0 atom stereocenters. The largest absolute Gasteiger partial charge is 0.507 e. The third-order valence-electron chi connectivity index (χ3n) is 2.15. The number of nitriles is 1. The first kappa shape index (κ1) is 13.1. The van der Waals surface area contributed by atoms with Gasteiger partial charge in [-0.05, 0) is 36.4 Å². The van der Waals surface area contributed by atoms with Crippen molar-refractivity contribution in [1.29, 1.82) is 5.26 Å². The summed E-state index contributed by atoms with van der Waals surface area (Å²) in [4.78, 5) is 1.39. The Bertz CT molecular complexity index is 637. The molecule has 0 radical (unpaired) electrons. The smallest absolute Gasteiger partial charge is 0.129 e. The molecule has 0 heterocycles. The molecule has 2 aromatic rings. The van der Waals surface area contributed by atoms with Crippen LogP contribution in [0.25, 0.3) is 0 Å².